The van der Waals surface area contributed by atoms with Gasteiger partial charge in [-0.1, -0.05) is 24.0 Å². The minimum atomic E-state index is -4.43. The number of halogens is 3. The Bertz CT molecular complexity index is 1200. The van der Waals surface area contributed by atoms with E-state index in [4.69, 9.17) is 9.47 Å². The summed E-state index contributed by atoms with van der Waals surface area (Å²) < 4.78 is 50.0. The predicted molar refractivity (Wildman–Crippen MR) is 113 cm³/mol. The standard InChI is InChI=1S/C25H19F3O4/c1-16-8-9-22(32-21-12-17(2)11-19(15-21)24(29)30)23(13-16)31-10-4-6-18-5-3-7-20(14-18)25(26,27)28/h3,5,7-9,11-15H,10H2,1-2H3,(H,29,30). The van der Waals surface area contributed by atoms with Gasteiger partial charge in [0.2, 0.25) is 0 Å². The average molecular weight is 440 g/mol. The van der Waals surface area contributed by atoms with Gasteiger partial charge in [-0.25, -0.2) is 4.79 Å². The number of benzene rings is 3. The molecule has 0 saturated carbocycles. The van der Waals surface area contributed by atoms with Crippen molar-refractivity contribution in [2.75, 3.05) is 6.61 Å². The van der Waals surface area contributed by atoms with Crippen LogP contribution in [0.4, 0.5) is 13.2 Å². The van der Waals surface area contributed by atoms with Gasteiger partial charge < -0.3 is 14.6 Å². The molecule has 0 spiro atoms. The van der Waals surface area contributed by atoms with Gasteiger partial charge in [0.25, 0.3) is 0 Å². The number of carboxylic acids is 1. The number of hydrogen-bond acceptors (Lipinski definition) is 3. The van der Waals surface area contributed by atoms with Crippen molar-refractivity contribution in [3.05, 3.63) is 88.5 Å². The molecule has 0 aliphatic carbocycles. The van der Waals surface area contributed by atoms with Crippen LogP contribution in [0.15, 0.2) is 60.7 Å². The molecule has 32 heavy (non-hydrogen) atoms. The highest BCUT2D eigenvalue weighted by molar-refractivity contribution is 5.88. The van der Waals surface area contributed by atoms with Crippen molar-refractivity contribution in [3.8, 4) is 29.1 Å². The van der Waals surface area contributed by atoms with Gasteiger partial charge in [-0.15, -0.1) is 0 Å². The molecule has 0 unspecified atom stereocenters. The van der Waals surface area contributed by atoms with Crippen molar-refractivity contribution in [1.29, 1.82) is 0 Å². The maximum atomic E-state index is 12.8. The molecule has 7 heteroatoms. The fourth-order valence-electron chi connectivity index (χ4n) is 2.89. The first kappa shape index (κ1) is 22.8. The van der Waals surface area contributed by atoms with Crippen molar-refractivity contribution < 1.29 is 32.5 Å². The highest BCUT2D eigenvalue weighted by atomic mass is 19.4. The first-order chi connectivity index (χ1) is 15.1. The molecule has 4 nitrogen and oxygen atoms in total. The molecule has 3 aromatic carbocycles. The molecule has 3 rings (SSSR count). The van der Waals surface area contributed by atoms with Crippen LogP contribution in [-0.4, -0.2) is 17.7 Å². The molecule has 0 amide bonds. The fourth-order valence-corrected chi connectivity index (χ4v) is 2.89. The van der Waals surface area contributed by atoms with Crippen molar-refractivity contribution in [2.24, 2.45) is 0 Å². The van der Waals surface area contributed by atoms with Crippen LogP contribution in [-0.2, 0) is 6.18 Å². The van der Waals surface area contributed by atoms with Gasteiger partial charge in [0.15, 0.2) is 11.5 Å². The number of ether oxygens (including phenoxy) is 2. The number of carbonyl (C=O) groups is 1. The Morgan fingerprint density at radius 3 is 2.47 bits per heavy atom. The smallest absolute Gasteiger partial charge is 0.416 e. The third-order valence-corrected chi connectivity index (χ3v) is 4.35. The Hall–Kier alpha value is -3.92. The van der Waals surface area contributed by atoms with Gasteiger partial charge >= 0.3 is 12.1 Å². The lowest BCUT2D eigenvalue weighted by Crippen LogP contribution is -2.04. The number of aromatic carboxylic acids is 1. The van der Waals surface area contributed by atoms with E-state index < -0.39 is 17.7 Å². The van der Waals surface area contributed by atoms with E-state index in [2.05, 4.69) is 11.8 Å². The zero-order chi connectivity index (χ0) is 23.3. The first-order valence-electron chi connectivity index (χ1n) is 9.54. The predicted octanol–water partition coefficient (Wildman–Crippen LogP) is 6.24. The van der Waals surface area contributed by atoms with Gasteiger partial charge in [0.05, 0.1) is 11.1 Å². The van der Waals surface area contributed by atoms with Crippen molar-refractivity contribution >= 4 is 5.97 Å². The highest BCUT2D eigenvalue weighted by Crippen LogP contribution is 2.33. The molecule has 0 bridgehead atoms. The molecule has 0 aliphatic heterocycles. The number of hydrogen-bond donors (Lipinski definition) is 1. The van der Waals surface area contributed by atoms with Crippen molar-refractivity contribution in [2.45, 2.75) is 20.0 Å². The van der Waals surface area contributed by atoms with E-state index in [9.17, 15) is 23.1 Å². The van der Waals surface area contributed by atoms with Crippen LogP contribution >= 0.6 is 0 Å². The molecule has 0 heterocycles. The van der Waals surface area contributed by atoms with E-state index in [0.717, 1.165) is 23.3 Å². The summed E-state index contributed by atoms with van der Waals surface area (Å²) in [6.45, 7) is 3.54. The zero-order valence-electron chi connectivity index (χ0n) is 17.3. The number of rotatable bonds is 5. The molecular formula is C25H19F3O4. The summed E-state index contributed by atoms with van der Waals surface area (Å²) in [5.41, 5.74) is 1.18. The third-order valence-electron chi connectivity index (χ3n) is 4.35. The maximum Gasteiger partial charge on any atom is 0.416 e. The largest absolute Gasteiger partial charge is 0.478 e. The lowest BCUT2D eigenvalue weighted by Gasteiger charge is -2.13. The van der Waals surface area contributed by atoms with Crippen molar-refractivity contribution in [3.63, 3.8) is 0 Å². The summed E-state index contributed by atoms with van der Waals surface area (Å²) in [6, 6.07) is 14.6. The lowest BCUT2D eigenvalue weighted by molar-refractivity contribution is -0.137. The Morgan fingerprint density at radius 1 is 0.969 bits per heavy atom. The first-order valence-corrected chi connectivity index (χ1v) is 9.54. The lowest BCUT2D eigenvalue weighted by atomic mass is 10.1. The van der Waals surface area contributed by atoms with Gasteiger partial charge in [-0.05, 0) is 73.5 Å². The SMILES string of the molecule is Cc1cc(Oc2ccc(C)cc2OCC#Cc2cccc(C(F)(F)F)c2)cc(C(=O)O)c1. The number of aryl methyl sites for hydroxylation is 2. The molecule has 0 atom stereocenters. The van der Waals surface area contributed by atoms with E-state index in [0.29, 0.717) is 17.2 Å². The number of alkyl halides is 3. The summed E-state index contributed by atoms with van der Waals surface area (Å²) >= 11 is 0. The molecule has 1 N–H and O–H groups in total. The van der Waals surface area contributed by atoms with Crippen LogP contribution in [0, 0.1) is 25.7 Å². The second kappa shape index (κ2) is 9.48. The molecule has 0 fully saturated rings. The second-order valence-electron chi connectivity index (χ2n) is 7.06. The molecule has 164 valence electrons. The van der Waals surface area contributed by atoms with Crippen molar-refractivity contribution in [1.82, 2.24) is 0 Å². The quantitative estimate of drug-likeness (QED) is 0.477. The summed E-state index contributed by atoms with van der Waals surface area (Å²) in [7, 11) is 0. The van der Waals surface area contributed by atoms with Crippen LogP contribution in [0.1, 0.15) is 32.6 Å². The Balaban J connectivity index is 1.76. The van der Waals surface area contributed by atoms with Crippen LogP contribution in [0.3, 0.4) is 0 Å². The second-order valence-corrected chi connectivity index (χ2v) is 7.06. The van der Waals surface area contributed by atoms with E-state index in [-0.39, 0.29) is 17.7 Å². The Morgan fingerprint density at radius 2 is 1.75 bits per heavy atom. The topological polar surface area (TPSA) is 55.8 Å². The van der Waals surface area contributed by atoms with Crippen LogP contribution in [0.25, 0.3) is 0 Å². The van der Waals surface area contributed by atoms with Crippen LogP contribution < -0.4 is 9.47 Å². The molecular weight excluding hydrogens is 421 g/mol. The minimum Gasteiger partial charge on any atom is -0.478 e. The summed E-state index contributed by atoms with van der Waals surface area (Å²) in [4.78, 5) is 11.3. The average Bonchev–Trinajstić information content (AvgIpc) is 2.72. The molecule has 0 aliphatic rings. The van der Waals surface area contributed by atoms with E-state index in [1.165, 1.54) is 24.3 Å². The Kier molecular flexibility index (Phi) is 6.74. The van der Waals surface area contributed by atoms with E-state index >= 15 is 0 Å². The van der Waals surface area contributed by atoms with Crippen LogP contribution in [0.2, 0.25) is 0 Å². The van der Waals surface area contributed by atoms with Gasteiger partial charge in [-0.2, -0.15) is 13.2 Å². The zero-order valence-corrected chi connectivity index (χ0v) is 17.3. The monoisotopic (exact) mass is 440 g/mol. The maximum absolute atomic E-state index is 12.8. The molecule has 0 radical (unpaired) electrons. The summed E-state index contributed by atoms with van der Waals surface area (Å²) in [5.74, 6) is 5.37. The van der Waals surface area contributed by atoms with E-state index in [1.54, 1.807) is 25.1 Å². The number of carboxylic acid groups (broad SMARTS) is 1. The van der Waals surface area contributed by atoms with Gasteiger partial charge in [0.1, 0.15) is 12.4 Å². The normalized spacial score (nSPS) is 10.8. The third kappa shape index (κ3) is 6.05. The van der Waals surface area contributed by atoms with Gasteiger partial charge in [0, 0.05) is 5.56 Å². The van der Waals surface area contributed by atoms with E-state index in [1.807, 2.05) is 13.0 Å². The Labute approximate surface area is 183 Å². The van der Waals surface area contributed by atoms with Gasteiger partial charge in [-0.3, -0.25) is 0 Å². The molecule has 0 saturated heterocycles. The minimum absolute atomic E-state index is 0.0791. The molecule has 0 aromatic heterocycles. The fraction of sp³-hybridized carbons (Fsp3) is 0.160. The summed E-state index contributed by atoms with van der Waals surface area (Å²) in [5, 5.41) is 9.23. The highest BCUT2D eigenvalue weighted by Gasteiger charge is 2.30. The molecule has 3 aromatic rings. The summed E-state index contributed by atoms with van der Waals surface area (Å²) in [6.07, 6.45) is -4.43. The van der Waals surface area contributed by atoms with Crippen LogP contribution in [0.5, 0.6) is 17.2 Å².